The van der Waals surface area contributed by atoms with Gasteiger partial charge in [-0.2, -0.15) is 15.3 Å². The quantitative estimate of drug-likeness (QED) is 0.0391. The van der Waals surface area contributed by atoms with Gasteiger partial charge in [0.15, 0.2) is 53.6 Å². The summed E-state index contributed by atoms with van der Waals surface area (Å²) in [5.41, 5.74) is 25.7. The molecule has 0 saturated carbocycles. The smallest absolute Gasteiger partial charge is 0.408 e. The Morgan fingerprint density at radius 2 is 0.810 bits per heavy atom. The number of carboxylic acid groups (broad SMARTS) is 1. The molecule has 6 aromatic heterocycles. The lowest BCUT2D eigenvalue weighted by molar-refractivity contribution is -0.154. The van der Waals surface area contributed by atoms with Gasteiger partial charge in [-0.3, -0.25) is 4.79 Å². The Morgan fingerprint density at radius 1 is 0.495 bits per heavy atom. The van der Waals surface area contributed by atoms with E-state index in [1.54, 1.807) is 142 Å². The van der Waals surface area contributed by atoms with E-state index in [0.29, 0.717) is 73.1 Å². The number of ether oxygens (including phenoxy) is 7. The minimum Gasteiger partial charge on any atom is -0.480 e. The molecule has 6 aromatic rings. The number of amides is 2. The van der Waals surface area contributed by atoms with E-state index in [9.17, 15) is 59.7 Å². The van der Waals surface area contributed by atoms with E-state index >= 15 is 0 Å². The normalized spacial score (nSPS) is 24.7. The molecule has 0 bridgehead atoms. The number of hydrogen-bond acceptors (Lipinski definition) is 35. The van der Waals surface area contributed by atoms with E-state index in [2.05, 4.69) is 55.8 Å². The summed E-state index contributed by atoms with van der Waals surface area (Å²) in [6.45, 7) is 19.8. The summed E-state index contributed by atoms with van der Waals surface area (Å²) in [6, 6.07) is -2.68. The average Bonchev–Trinajstić information content (AvgIpc) is 1.61. The fraction of sp³-hybridized carbons (Fsp3) is 0.594. The number of carboxylic acids is 1. The highest BCUT2D eigenvalue weighted by Gasteiger charge is 2.49. The van der Waals surface area contributed by atoms with Crippen LogP contribution in [0.2, 0.25) is 0 Å². The maximum absolute atomic E-state index is 12.8. The number of rotatable bonds is 16. The monoisotopic (exact) mass is 1480 g/mol. The van der Waals surface area contributed by atoms with Crippen LogP contribution in [0.4, 0.5) is 27.0 Å². The molecule has 41 nitrogen and oxygen atoms in total. The number of hydrogen-bond donors (Lipinski definition) is 14. The molecule has 6 aliphatic heterocycles. The number of aliphatic hydroxyl groups is 7. The highest BCUT2D eigenvalue weighted by molar-refractivity contribution is 6.15. The first-order valence-corrected chi connectivity index (χ1v) is 33.4. The van der Waals surface area contributed by atoms with Crippen molar-refractivity contribution in [1.82, 2.24) is 54.2 Å². The largest absolute Gasteiger partial charge is 0.480 e. The molecule has 12 heterocycles. The zero-order valence-electron chi connectivity index (χ0n) is 60.5. The molecule has 12 rings (SSSR count). The van der Waals surface area contributed by atoms with Crippen molar-refractivity contribution >= 4 is 98.2 Å². The topological polar surface area (TPSA) is 579 Å². The number of amidine groups is 3. The summed E-state index contributed by atoms with van der Waals surface area (Å²) >= 11 is 0. The maximum atomic E-state index is 12.8. The van der Waals surface area contributed by atoms with Crippen LogP contribution in [0.25, 0.3) is 33.1 Å². The van der Waals surface area contributed by atoms with Gasteiger partial charge in [-0.05, 0) is 59.3 Å². The summed E-state index contributed by atoms with van der Waals surface area (Å²) in [6.07, 6.45) is -5.85. The number of carbonyl (C=O) groups is 5. The highest BCUT2D eigenvalue weighted by atomic mass is 16.6. The summed E-state index contributed by atoms with van der Waals surface area (Å²) in [5.74, 6) is -0.474. The Kier molecular flexibility index (Phi) is 23.8. The van der Waals surface area contributed by atoms with Crippen LogP contribution < -0.4 is 48.6 Å². The Hall–Kier alpha value is -9.82. The van der Waals surface area contributed by atoms with E-state index in [0.717, 1.165) is 0 Å². The zero-order chi connectivity index (χ0) is 77.5. The van der Waals surface area contributed by atoms with Crippen LogP contribution in [0.1, 0.15) is 118 Å². The van der Waals surface area contributed by atoms with Gasteiger partial charge in [-0.25, -0.2) is 64.1 Å². The second-order valence-electron chi connectivity index (χ2n) is 28.5. The van der Waals surface area contributed by atoms with Crippen molar-refractivity contribution in [2.75, 3.05) is 56.0 Å². The molecule has 574 valence electrons. The third-order valence-corrected chi connectivity index (χ3v) is 17.3. The number of nitrogens with one attached hydrogen (secondary N) is 2. The van der Waals surface area contributed by atoms with Crippen molar-refractivity contribution in [1.29, 1.82) is 0 Å². The van der Waals surface area contributed by atoms with Crippen molar-refractivity contribution in [2.24, 2.45) is 56.0 Å². The predicted octanol–water partition coefficient (Wildman–Crippen LogP) is -1.41. The van der Waals surface area contributed by atoms with Crippen molar-refractivity contribution in [3.63, 3.8) is 0 Å². The van der Waals surface area contributed by atoms with Crippen LogP contribution in [-0.2, 0) is 47.5 Å². The van der Waals surface area contributed by atoms with Gasteiger partial charge in [-0.1, -0.05) is 41.5 Å². The number of alkyl carbamates (subject to hydrolysis) is 2. The molecule has 15 atom stereocenters. The van der Waals surface area contributed by atoms with E-state index in [1.807, 2.05) is 0 Å². The zero-order valence-corrected chi connectivity index (χ0v) is 60.5. The van der Waals surface area contributed by atoms with Crippen LogP contribution in [0.5, 0.6) is 0 Å². The second kappa shape index (κ2) is 31.5. The lowest BCUT2D eigenvalue weighted by Crippen LogP contribution is -2.48. The number of nitrogens with two attached hydrogens (primary N) is 4. The maximum Gasteiger partial charge on any atom is 0.408 e. The number of aliphatic hydroxyl groups excluding tert-OH is 7. The molecule has 41 heteroatoms. The molecule has 2 amide bonds. The first kappa shape index (κ1) is 79.3. The molecule has 18 N–H and O–H groups in total. The molecule has 3 saturated heterocycles. The highest BCUT2D eigenvalue weighted by Crippen LogP contribution is 2.41. The van der Waals surface area contributed by atoms with Crippen LogP contribution in [0.15, 0.2) is 52.9 Å². The molecular formula is C64H93N21O20. The van der Waals surface area contributed by atoms with Gasteiger partial charge < -0.3 is 121 Å². The van der Waals surface area contributed by atoms with Gasteiger partial charge in [0.05, 0.1) is 22.8 Å². The van der Waals surface area contributed by atoms with E-state index in [-0.39, 0.29) is 42.6 Å². The summed E-state index contributed by atoms with van der Waals surface area (Å²) < 4.78 is 42.8. The lowest BCUT2D eigenvalue weighted by Gasteiger charge is -2.25. The fourth-order valence-corrected chi connectivity index (χ4v) is 11.9. The lowest BCUT2D eigenvalue weighted by atomic mass is 10.1. The molecule has 105 heavy (non-hydrogen) atoms. The van der Waals surface area contributed by atoms with Gasteiger partial charge in [0, 0.05) is 56.4 Å². The van der Waals surface area contributed by atoms with Crippen LogP contribution in [0.3, 0.4) is 0 Å². The number of nitrogens with zero attached hydrogens (tertiary/aromatic N) is 15. The number of aromatic nitrogens is 9. The summed E-state index contributed by atoms with van der Waals surface area (Å²) in [4.78, 5) is 84.5. The first-order valence-electron chi connectivity index (χ1n) is 33.4. The molecule has 3 fully saturated rings. The second-order valence-corrected chi connectivity index (χ2v) is 28.5. The molecule has 0 aliphatic carbocycles. The fourth-order valence-electron chi connectivity index (χ4n) is 11.9. The van der Waals surface area contributed by atoms with Gasteiger partial charge in [0.2, 0.25) is 0 Å². The molecular weight excluding hydrogens is 1380 g/mol. The number of esters is 2. The molecule has 0 radical (unpaired) electrons. The molecule has 0 spiro atoms. The molecule has 6 unspecified atom stereocenters. The first-order chi connectivity index (χ1) is 49.1. The van der Waals surface area contributed by atoms with E-state index in [4.69, 9.17) is 61.2 Å². The van der Waals surface area contributed by atoms with Crippen molar-refractivity contribution in [2.45, 2.75) is 186 Å². The Balaban J connectivity index is 0.000000170. The minimum atomic E-state index is -1.37. The molecule has 6 aliphatic rings. The third-order valence-electron chi connectivity index (χ3n) is 17.3. The van der Waals surface area contributed by atoms with Crippen LogP contribution in [-0.4, -0.2) is 257 Å². The standard InChI is InChI=1S/C23H33N7O7.C18H25N7O5.C13H16N6O4.C10H19NO4/c1-10(2)14(27-22(34)37-23(3,4)5)21(33)35-8-12-15(31)16(32)20(36-12)30-7-11-13-18(25-9-26-19(13)30)29(6)28-17(11)24;1-7(2)11(19)18(28)29-5-9-12(26)13(27)17(30-9)25-4-8-10-15(21-6-22-16(10)25)24(3)23-14(8)20;1-18-11-7-5(10(14)17-18)2-19(12(7)16-4-15-11)13-9(22)8(21)6(3-20)23-13;1-6(2)7(8(12)13)11-9(14)15-10(3,4)5/h7,9-10,12,14-16,20,31-32H,8H2,1-6H3,(H2,24,28)(H,27,34);4,6-7,9,11-13,17,26-27H,5,19H2,1-3H3,(H2,20,23);2,4,6,8-9,13,20-22H,3H2,1H3,(H2,14,17);6-7H,1-5H3,(H,11,14)(H,12,13)/t12-,14?,15?,16+,20-;9-,11?,12?,13+,17-;6-,8?,9+,13-;/m111./s1. The van der Waals surface area contributed by atoms with Gasteiger partial charge in [0.1, 0.15) is 133 Å². The summed E-state index contributed by atoms with van der Waals surface area (Å²) in [7, 11) is 5.14. The average molecular weight is 1480 g/mol. The Morgan fingerprint density at radius 3 is 1.10 bits per heavy atom. The third kappa shape index (κ3) is 16.8. The Labute approximate surface area is 600 Å². The van der Waals surface area contributed by atoms with E-state index in [1.165, 1.54) is 29.0 Å². The van der Waals surface area contributed by atoms with Crippen LogP contribution in [0, 0.1) is 17.8 Å². The number of anilines is 3. The molecule has 0 aromatic carbocycles. The number of carbonyl (C=O) groups excluding carboxylic acids is 4. The number of hydrazone groups is 3. The van der Waals surface area contributed by atoms with E-state index < -0.39 is 140 Å². The SMILES string of the molecule is CC(C)C(N)C(=O)OC[C@H]1O[C@@H](n2cc3c4c(ncnc42)N(C)N=C3N)[C@@H](O)C1O.CC(C)C(NC(=O)OC(C)(C)C)C(=O)O.CC(C)C(NC(=O)OC(C)(C)C)C(=O)OC[C@H]1O[C@@H](n2cc3c4c(ncnc42)N(C)N=C3N)[C@@H](O)C1O.CN1N=C(N)c2cn([C@@H]3O[C@H](CO)C(O)[C@@H]3O)c3ncnc1c23. The Bertz CT molecular complexity index is 4280. The summed E-state index contributed by atoms with van der Waals surface area (Å²) in [5, 5.41) is 105. The predicted molar refractivity (Wildman–Crippen MR) is 373 cm³/mol. The minimum absolute atomic E-state index is 0.0940. The number of aliphatic carboxylic acids is 1. The van der Waals surface area contributed by atoms with Gasteiger partial charge in [0.25, 0.3) is 0 Å². The van der Waals surface area contributed by atoms with Crippen molar-refractivity contribution in [3.05, 3.63) is 54.3 Å². The van der Waals surface area contributed by atoms with Crippen molar-refractivity contribution < 1.29 is 98.0 Å². The van der Waals surface area contributed by atoms with Crippen LogP contribution >= 0.6 is 0 Å². The van der Waals surface area contributed by atoms with Gasteiger partial charge >= 0.3 is 30.1 Å². The van der Waals surface area contributed by atoms with Gasteiger partial charge in [-0.15, -0.1) is 0 Å². The van der Waals surface area contributed by atoms with Crippen molar-refractivity contribution in [3.8, 4) is 0 Å².